The molecule has 2 saturated heterocycles. The predicted octanol–water partition coefficient (Wildman–Crippen LogP) is 5.42. The minimum absolute atomic E-state index is 0.0425. The number of hydrogen-bond donors (Lipinski definition) is 1. The third-order valence-corrected chi connectivity index (χ3v) is 9.17. The number of thiazole rings is 1. The van der Waals surface area contributed by atoms with E-state index in [-0.39, 0.29) is 18.3 Å². The number of carboxylic acid groups (broad SMARTS) is 1. The van der Waals surface area contributed by atoms with Crippen LogP contribution in [0.25, 0.3) is 0 Å². The molecule has 2 aromatic carbocycles. The Balaban J connectivity index is 1.22. The molecule has 3 heterocycles. The number of nitrogens with zero attached hydrogens (tertiary/aromatic N) is 3. The van der Waals surface area contributed by atoms with Gasteiger partial charge in [-0.2, -0.15) is 0 Å². The zero-order valence-electron chi connectivity index (χ0n) is 21.5. The average Bonchev–Trinajstić information content (AvgIpc) is 3.48. The Morgan fingerprint density at radius 2 is 1.86 bits per heavy atom. The number of aliphatic carboxylic acids is 1. The van der Waals surface area contributed by atoms with Gasteiger partial charge in [0.15, 0.2) is 0 Å². The molecule has 3 aromatic rings. The summed E-state index contributed by atoms with van der Waals surface area (Å²) in [5.74, 6) is -0.0235. The third-order valence-electron chi connectivity index (χ3n) is 7.91. The highest BCUT2D eigenvalue weighted by Crippen LogP contribution is 2.38. The summed E-state index contributed by atoms with van der Waals surface area (Å²) in [7, 11) is 0. The van der Waals surface area contributed by atoms with E-state index in [1.54, 1.807) is 12.1 Å². The van der Waals surface area contributed by atoms with E-state index < -0.39 is 5.97 Å². The van der Waals surface area contributed by atoms with Crippen LogP contribution >= 0.6 is 11.3 Å². The van der Waals surface area contributed by atoms with Crippen molar-refractivity contribution in [3.8, 4) is 0 Å². The summed E-state index contributed by atoms with van der Waals surface area (Å²) in [6, 6.07) is 17.4. The SMILES string of the molecule is CCc1nc(Cc2ccccc2)sc1C1CCN(C[C@H]2CN(CC(=O)O)C[C@@H]2c2cccc(F)c2)CC1. The van der Waals surface area contributed by atoms with Crippen molar-refractivity contribution in [2.75, 3.05) is 39.3 Å². The number of rotatable bonds is 9. The first-order valence-electron chi connectivity index (χ1n) is 13.4. The van der Waals surface area contributed by atoms with Gasteiger partial charge in [-0.25, -0.2) is 9.37 Å². The van der Waals surface area contributed by atoms with E-state index in [2.05, 4.69) is 42.2 Å². The summed E-state index contributed by atoms with van der Waals surface area (Å²) in [4.78, 5) is 22.4. The Hall–Kier alpha value is -2.61. The molecule has 5 nitrogen and oxygen atoms in total. The molecule has 2 aliphatic rings. The number of benzene rings is 2. The molecule has 1 N–H and O–H groups in total. The Bertz CT molecular complexity index is 1190. The van der Waals surface area contributed by atoms with Gasteiger partial charge in [0, 0.05) is 36.9 Å². The van der Waals surface area contributed by atoms with Crippen LogP contribution in [0.2, 0.25) is 0 Å². The lowest BCUT2D eigenvalue weighted by Gasteiger charge is -2.34. The highest BCUT2D eigenvalue weighted by atomic mass is 32.1. The van der Waals surface area contributed by atoms with Crippen LogP contribution in [0.1, 0.15) is 58.3 Å². The van der Waals surface area contributed by atoms with E-state index in [4.69, 9.17) is 4.98 Å². The smallest absolute Gasteiger partial charge is 0.317 e. The molecule has 5 rings (SSSR count). The fraction of sp³-hybridized carbons (Fsp3) is 0.467. The molecule has 0 bridgehead atoms. The highest BCUT2D eigenvalue weighted by molar-refractivity contribution is 7.11. The zero-order valence-corrected chi connectivity index (χ0v) is 22.3. The lowest BCUT2D eigenvalue weighted by atomic mass is 9.87. The summed E-state index contributed by atoms with van der Waals surface area (Å²) < 4.78 is 14.0. The molecule has 0 saturated carbocycles. The molecule has 0 aliphatic carbocycles. The van der Waals surface area contributed by atoms with Crippen molar-refractivity contribution < 1.29 is 14.3 Å². The molecule has 2 atom stereocenters. The normalized spacial score (nSPS) is 21.5. The van der Waals surface area contributed by atoms with Crippen LogP contribution in [0.3, 0.4) is 0 Å². The van der Waals surface area contributed by atoms with Crippen LogP contribution in [0, 0.1) is 11.7 Å². The van der Waals surface area contributed by atoms with Gasteiger partial charge in [0.05, 0.1) is 17.2 Å². The molecule has 0 unspecified atom stereocenters. The van der Waals surface area contributed by atoms with Gasteiger partial charge >= 0.3 is 5.97 Å². The number of aryl methyl sites for hydroxylation is 1. The van der Waals surface area contributed by atoms with Crippen LogP contribution in [0.4, 0.5) is 4.39 Å². The van der Waals surface area contributed by atoms with Gasteiger partial charge in [-0.05, 0) is 67.4 Å². The van der Waals surface area contributed by atoms with E-state index >= 15 is 0 Å². The number of aromatic nitrogens is 1. The molecule has 1 aromatic heterocycles. The molecule has 37 heavy (non-hydrogen) atoms. The second-order valence-electron chi connectivity index (χ2n) is 10.5. The second kappa shape index (κ2) is 11.8. The maximum atomic E-state index is 14.0. The van der Waals surface area contributed by atoms with Crippen LogP contribution < -0.4 is 0 Å². The molecule has 0 amide bonds. The first kappa shape index (κ1) is 26.0. The van der Waals surface area contributed by atoms with Crippen molar-refractivity contribution in [1.29, 1.82) is 0 Å². The number of hydrogen-bond acceptors (Lipinski definition) is 5. The summed E-state index contributed by atoms with van der Waals surface area (Å²) >= 11 is 1.90. The fourth-order valence-corrected chi connectivity index (χ4v) is 7.48. The fourth-order valence-electron chi connectivity index (χ4n) is 6.12. The van der Waals surface area contributed by atoms with Crippen molar-refractivity contribution in [2.45, 2.75) is 44.4 Å². The minimum atomic E-state index is -0.803. The molecule has 2 fully saturated rings. The van der Waals surface area contributed by atoms with Crippen LogP contribution in [-0.4, -0.2) is 65.1 Å². The highest BCUT2D eigenvalue weighted by Gasteiger charge is 2.36. The largest absolute Gasteiger partial charge is 0.480 e. The minimum Gasteiger partial charge on any atom is -0.480 e. The van der Waals surface area contributed by atoms with Gasteiger partial charge in [-0.1, -0.05) is 49.4 Å². The Labute approximate surface area is 223 Å². The van der Waals surface area contributed by atoms with Crippen LogP contribution in [0.15, 0.2) is 54.6 Å². The Kier molecular flexibility index (Phi) is 8.33. The monoisotopic (exact) mass is 521 g/mol. The lowest BCUT2D eigenvalue weighted by molar-refractivity contribution is -0.138. The molecule has 7 heteroatoms. The van der Waals surface area contributed by atoms with Crippen LogP contribution in [-0.2, 0) is 17.6 Å². The maximum absolute atomic E-state index is 14.0. The van der Waals surface area contributed by atoms with Crippen molar-refractivity contribution in [1.82, 2.24) is 14.8 Å². The number of carboxylic acids is 1. The standard InChI is InChI=1S/C30H36FN3O2S/c1-2-27-30(37-28(32-27)15-21-7-4-3-5-8-21)22-11-13-33(14-12-22)17-24-18-34(20-29(35)36)19-26(24)23-9-6-10-25(31)16-23/h3-10,16,22,24,26H,2,11-15,17-20H2,1H3,(H,35,36)/t24-,26+/m0/s1. The Morgan fingerprint density at radius 1 is 1.08 bits per heavy atom. The predicted molar refractivity (Wildman–Crippen MR) is 146 cm³/mol. The summed E-state index contributed by atoms with van der Waals surface area (Å²) in [6.07, 6.45) is 4.11. The molecule has 0 radical (unpaired) electrons. The van der Waals surface area contributed by atoms with E-state index in [0.717, 1.165) is 57.4 Å². The zero-order chi connectivity index (χ0) is 25.8. The molecule has 0 spiro atoms. The van der Waals surface area contributed by atoms with Crippen molar-refractivity contribution in [2.24, 2.45) is 5.92 Å². The quantitative estimate of drug-likeness (QED) is 0.408. The van der Waals surface area contributed by atoms with Crippen LogP contribution in [0.5, 0.6) is 0 Å². The topological polar surface area (TPSA) is 56.7 Å². The summed E-state index contributed by atoms with van der Waals surface area (Å²) in [6.45, 7) is 6.64. The summed E-state index contributed by atoms with van der Waals surface area (Å²) in [5, 5.41) is 10.5. The van der Waals surface area contributed by atoms with Gasteiger partial charge in [0.2, 0.25) is 0 Å². The second-order valence-corrected chi connectivity index (χ2v) is 11.6. The maximum Gasteiger partial charge on any atom is 0.317 e. The number of carbonyl (C=O) groups is 1. The van der Waals surface area contributed by atoms with Crippen molar-refractivity contribution in [3.05, 3.63) is 87.1 Å². The lowest BCUT2D eigenvalue weighted by Crippen LogP contribution is -2.38. The average molecular weight is 522 g/mol. The number of halogens is 1. The molecule has 196 valence electrons. The number of likely N-dealkylation sites (tertiary alicyclic amines) is 2. The van der Waals surface area contributed by atoms with E-state index in [1.807, 2.05) is 22.3 Å². The summed E-state index contributed by atoms with van der Waals surface area (Å²) in [5.41, 5.74) is 3.55. The third kappa shape index (κ3) is 6.46. The van der Waals surface area contributed by atoms with E-state index in [9.17, 15) is 14.3 Å². The van der Waals surface area contributed by atoms with Gasteiger partial charge in [-0.15, -0.1) is 11.3 Å². The van der Waals surface area contributed by atoms with Crippen molar-refractivity contribution in [3.63, 3.8) is 0 Å². The van der Waals surface area contributed by atoms with E-state index in [1.165, 1.54) is 27.2 Å². The molecule has 2 aliphatic heterocycles. The Morgan fingerprint density at radius 3 is 2.57 bits per heavy atom. The van der Waals surface area contributed by atoms with E-state index in [0.29, 0.717) is 18.4 Å². The van der Waals surface area contributed by atoms with Gasteiger partial charge in [0.25, 0.3) is 0 Å². The first-order valence-corrected chi connectivity index (χ1v) is 14.2. The molecular weight excluding hydrogens is 485 g/mol. The van der Waals surface area contributed by atoms with Gasteiger partial charge in [-0.3, -0.25) is 9.69 Å². The first-order chi connectivity index (χ1) is 18.0. The van der Waals surface area contributed by atoms with Gasteiger partial charge < -0.3 is 10.0 Å². The van der Waals surface area contributed by atoms with Gasteiger partial charge in [0.1, 0.15) is 5.82 Å². The number of piperidine rings is 1. The van der Waals surface area contributed by atoms with Crippen molar-refractivity contribution >= 4 is 17.3 Å². The molecular formula is C30H36FN3O2S.